The van der Waals surface area contributed by atoms with E-state index in [1.165, 1.54) is 24.8 Å². The molecule has 2 saturated carbocycles. The lowest BCUT2D eigenvalue weighted by Crippen LogP contribution is -2.59. The first-order chi connectivity index (χ1) is 20.4. The van der Waals surface area contributed by atoms with Crippen LogP contribution < -0.4 is 15.4 Å². The van der Waals surface area contributed by atoms with Crippen LogP contribution in [-0.4, -0.2) is 42.6 Å². The summed E-state index contributed by atoms with van der Waals surface area (Å²) in [6.07, 6.45) is 7.50. The minimum absolute atomic E-state index is 0.0489. The Morgan fingerprint density at radius 3 is 2.83 bits per heavy atom. The standard InChI is InChI=1S/C32H31BFN3O5/c1-40-23-9-3-6-20(13-23)28(36-31(39)21-7-4-10-35-18-21)16-30(38)37-29(12-19-5-2-8-22(34)11-19)33-41-24-14-26-25-15-27(25)32(26,17-24)42-33/h2-11,13,17-18,25-29H,12,14-16H2,1H3,(H,36,39)(H,37,38)/t25?,26?,27?,28?,29-,32+/m0/s1. The van der Waals surface area contributed by atoms with Gasteiger partial charge in [-0.1, -0.05) is 24.3 Å². The Bertz CT molecular complexity index is 1550. The van der Waals surface area contributed by atoms with Gasteiger partial charge in [0.15, 0.2) is 0 Å². The number of nitrogens with zero attached hydrogens (tertiary/aromatic N) is 1. The van der Waals surface area contributed by atoms with Crippen LogP contribution in [0.1, 0.15) is 46.8 Å². The number of allylic oxidation sites excluding steroid dienone is 1. The number of fused-ring (bicyclic) bond motifs is 2. The van der Waals surface area contributed by atoms with Crippen molar-refractivity contribution in [3.63, 3.8) is 0 Å². The van der Waals surface area contributed by atoms with Crippen LogP contribution in [0.2, 0.25) is 0 Å². The maximum Gasteiger partial charge on any atom is 0.550 e. The number of pyridine rings is 1. The molecule has 3 aromatic rings. The number of rotatable bonds is 10. The highest BCUT2D eigenvalue weighted by molar-refractivity contribution is 6.48. The fraction of sp³-hybridized carbons (Fsp3) is 0.344. The first-order valence-electron chi connectivity index (χ1n) is 14.4. The lowest BCUT2D eigenvalue weighted by atomic mass is 9.67. The third-order valence-corrected chi connectivity index (χ3v) is 9.05. The van der Waals surface area contributed by atoms with Gasteiger partial charge in [-0.05, 0) is 78.3 Å². The maximum absolute atomic E-state index is 14.1. The first kappa shape index (κ1) is 26.7. The Balaban J connectivity index is 1.12. The molecule has 7 rings (SSSR count). The molecule has 4 aliphatic rings. The van der Waals surface area contributed by atoms with E-state index in [1.54, 1.807) is 43.6 Å². The SMILES string of the molecule is COc1cccc(C(CC(=O)N[C@@H](Cc2cccc(F)c2)B2OC3=C[C@@]4(O2)C(C3)C2CC24)NC(=O)c2cccnc2)c1. The summed E-state index contributed by atoms with van der Waals surface area (Å²) >= 11 is 0. The van der Waals surface area contributed by atoms with E-state index in [0.29, 0.717) is 41.1 Å². The van der Waals surface area contributed by atoms with Crippen LogP contribution >= 0.6 is 0 Å². The van der Waals surface area contributed by atoms with Crippen LogP contribution in [0.5, 0.6) is 5.75 Å². The van der Waals surface area contributed by atoms with Crippen molar-refractivity contribution in [3.8, 4) is 5.75 Å². The van der Waals surface area contributed by atoms with E-state index in [1.807, 2.05) is 18.2 Å². The van der Waals surface area contributed by atoms with Crippen molar-refractivity contribution in [1.29, 1.82) is 0 Å². The van der Waals surface area contributed by atoms with Crippen LogP contribution in [0.3, 0.4) is 0 Å². The number of aromatic nitrogens is 1. The fourth-order valence-corrected chi connectivity index (χ4v) is 6.98. The molecule has 1 spiro atoms. The molecule has 2 fully saturated rings. The van der Waals surface area contributed by atoms with Crippen LogP contribution in [0, 0.1) is 23.6 Å². The topological polar surface area (TPSA) is 98.8 Å². The molecule has 214 valence electrons. The van der Waals surface area contributed by atoms with Crippen LogP contribution in [0.15, 0.2) is 84.9 Å². The number of methoxy groups -OCH3 is 1. The Morgan fingerprint density at radius 1 is 1.14 bits per heavy atom. The van der Waals surface area contributed by atoms with Crippen molar-refractivity contribution in [1.82, 2.24) is 15.6 Å². The Morgan fingerprint density at radius 2 is 2.02 bits per heavy atom. The van der Waals surface area contributed by atoms with Gasteiger partial charge < -0.3 is 24.7 Å². The Labute approximate surface area is 243 Å². The summed E-state index contributed by atoms with van der Waals surface area (Å²) in [6, 6.07) is 16.3. The maximum atomic E-state index is 14.1. The van der Waals surface area contributed by atoms with Gasteiger partial charge >= 0.3 is 7.12 Å². The summed E-state index contributed by atoms with van der Waals surface area (Å²) in [5.74, 6) is 1.60. The molecule has 2 amide bonds. The average Bonchev–Trinajstić information content (AvgIpc) is 3.72. The molecule has 6 atom stereocenters. The number of hydrogen-bond donors (Lipinski definition) is 2. The number of carbonyl (C=O) groups is 2. The van der Waals surface area contributed by atoms with E-state index in [9.17, 15) is 14.0 Å². The van der Waals surface area contributed by atoms with Crippen molar-refractivity contribution in [3.05, 3.63) is 107 Å². The second kappa shape index (κ2) is 10.6. The second-order valence-electron chi connectivity index (χ2n) is 11.6. The normalized spacial score (nSPS) is 25.9. The zero-order valence-electron chi connectivity index (χ0n) is 23.2. The predicted octanol–water partition coefficient (Wildman–Crippen LogP) is 4.18. The highest BCUT2D eigenvalue weighted by atomic mass is 19.1. The van der Waals surface area contributed by atoms with E-state index in [2.05, 4.69) is 21.7 Å². The molecule has 0 saturated heterocycles. The van der Waals surface area contributed by atoms with Gasteiger partial charge in [-0.2, -0.15) is 0 Å². The Kier molecular flexibility index (Phi) is 6.73. The molecule has 8 nitrogen and oxygen atoms in total. The zero-order valence-corrected chi connectivity index (χ0v) is 23.2. The van der Waals surface area contributed by atoms with Gasteiger partial charge in [0.2, 0.25) is 5.91 Å². The van der Waals surface area contributed by atoms with Crippen molar-refractivity contribution in [2.75, 3.05) is 7.11 Å². The predicted molar refractivity (Wildman–Crippen MR) is 153 cm³/mol. The fourth-order valence-electron chi connectivity index (χ4n) is 6.98. The molecule has 0 radical (unpaired) electrons. The highest BCUT2D eigenvalue weighted by Crippen LogP contribution is 2.73. The molecule has 1 aliphatic heterocycles. The van der Waals surface area contributed by atoms with Crippen molar-refractivity contribution < 1.29 is 28.0 Å². The molecule has 2 heterocycles. The van der Waals surface area contributed by atoms with E-state index < -0.39 is 19.1 Å². The monoisotopic (exact) mass is 567 g/mol. The summed E-state index contributed by atoms with van der Waals surface area (Å²) in [4.78, 5) is 30.8. The van der Waals surface area contributed by atoms with E-state index >= 15 is 0 Å². The molecule has 3 aliphatic carbocycles. The Hall–Kier alpha value is -4.18. The lowest BCUT2D eigenvalue weighted by Gasteiger charge is -2.45. The van der Waals surface area contributed by atoms with Gasteiger partial charge in [0.25, 0.3) is 5.91 Å². The molecule has 42 heavy (non-hydrogen) atoms. The molecular formula is C32H31BFN3O5. The quantitative estimate of drug-likeness (QED) is 0.357. The summed E-state index contributed by atoms with van der Waals surface area (Å²) in [6.45, 7) is 0. The third-order valence-electron chi connectivity index (χ3n) is 9.05. The summed E-state index contributed by atoms with van der Waals surface area (Å²) in [7, 11) is 0.860. The van der Waals surface area contributed by atoms with Crippen molar-refractivity contribution in [2.24, 2.45) is 17.8 Å². The number of hydrogen-bond acceptors (Lipinski definition) is 6. The number of benzene rings is 2. The number of amides is 2. The smallest absolute Gasteiger partial charge is 0.538 e. The molecule has 4 unspecified atom stereocenters. The van der Waals surface area contributed by atoms with Crippen LogP contribution in [-0.2, 0) is 20.5 Å². The number of ether oxygens (including phenoxy) is 1. The minimum Gasteiger partial charge on any atom is -0.538 e. The van der Waals surface area contributed by atoms with E-state index in [0.717, 1.165) is 17.7 Å². The van der Waals surface area contributed by atoms with Gasteiger partial charge in [-0.15, -0.1) is 0 Å². The van der Waals surface area contributed by atoms with Gasteiger partial charge in [0.05, 0.1) is 42.4 Å². The minimum atomic E-state index is -0.705. The summed E-state index contributed by atoms with van der Waals surface area (Å²) < 4.78 is 32.4. The third kappa shape index (κ3) is 4.94. The van der Waals surface area contributed by atoms with Gasteiger partial charge in [-0.3, -0.25) is 14.6 Å². The molecule has 2 N–H and O–H groups in total. The van der Waals surface area contributed by atoms with Gasteiger partial charge in [0, 0.05) is 24.7 Å². The van der Waals surface area contributed by atoms with Crippen LogP contribution in [0.25, 0.3) is 0 Å². The molecule has 2 aromatic carbocycles. The van der Waals surface area contributed by atoms with Crippen molar-refractivity contribution >= 4 is 18.9 Å². The highest BCUT2D eigenvalue weighted by Gasteiger charge is 2.75. The summed E-state index contributed by atoms with van der Waals surface area (Å²) in [5, 5.41) is 6.10. The molecule has 10 heteroatoms. The molecular weight excluding hydrogens is 536 g/mol. The number of nitrogens with one attached hydrogen (secondary N) is 2. The summed E-state index contributed by atoms with van der Waals surface area (Å²) in [5.41, 5.74) is 1.51. The van der Waals surface area contributed by atoms with Crippen LogP contribution in [0.4, 0.5) is 4.39 Å². The lowest BCUT2D eigenvalue weighted by molar-refractivity contribution is -0.122. The van der Waals surface area contributed by atoms with E-state index in [4.69, 9.17) is 14.0 Å². The average molecular weight is 567 g/mol. The van der Waals surface area contributed by atoms with E-state index in [-0.39, 0.29) is 29.7 Å². The molecule has 2 bridgehead atoms. The number of carbonyl (C=O) groups excluding carboxylic acids is 2. The second-order valence-corrected chi connectivity index (χ2v) is 11.6. The first-order valence-corrected chi connectivity index (χ1v) is 14.4. The number of halogens is 1. The van der Waals surface area contributed by atoms with Gasteiger partial charge in [0.1, 0.15) is 11.6 Å². The zero-order chi connectivity index (χ0) is 28.8. The largest absolute Gasteiger partial charge is 0.550 e. The molecule has 1 aromatic heterocycles. The van der Waals surface area contributed by atoms with Gasteiger partial charge in [-0.25, -0.2) is 4.39 Å². The van der Waals surface area contributed by atoms with Crippen molar-refractivity contribution in [2.45, 2.75) is 43.3 Å².